The predicted octanol–water partition coefficient (Wildman–Crippen LogP) is 2.56. The van der Waals surface area contributed by atoms with Crippen LogP contribution in [0.5, 0.6) is 0 Å². The summed E-state index contributed by atoms with van der Waals surface area (Å²) in [6.45, 7) is 6.51. The molecule has 21 heavy (non-hydrogen) atoms. The van der Waals surface area contributed by atoms with E-state index in [2.05, 4.69) is 10.2 Å². The van der Waals surface area contributed by atoms with Gasteiger partial charge in [-0.25, -0.2) is 0 Å². The number of piperidine rings is 1. The second kappa shape index (κ2) is 7.05. The molecule has 1 aromatic rings. The minimum absolute atomic E-state index is 0.0596. The Labute approximate surface area is 127 Å². The molecule has 0 aromatic heterocycles. The number of aliphatic hydroxyl groups is 1. The largest absolute Gasteiger partial charge is 0.389 e. The lowest BCUT2D eigenvalue weighted by atomic mass is 9.95. The zero-order valence-electron chi connectivity index (χ0n) is 13.1. The van der Waals surface area contributed by atoms with Crippen molar-refractivity contribution in [2.45, 2.75) is 45.1 Å². The highest BCUT2D eigenvalue weighted by Gasteiger charge is 2.27. The van der Waals surface area contributed by atoms with Crippen molar-refractivity contribution in [1.82, 2.24) is 4.90 Å². The normalized spacial score (nSPS) is 23.0. The second-order valence-corrected chi connectivity index (χ2v) is 6.40. The Morgan fingerprint density at radius 3 is 3.00 bits per heavy atom. The smallest absolute Gasteiger partial charge is 0.224 e. The molecule has 4 heteroatoms. The van der Waals surface area contributed by atoms with Gasteiger partial charge in [0, 0.05) is 18.7 Å². The summed E-state index contributed by atoms with van der Waals surface area (Å²) in [7, 11) is 0. The molecule has 0 spiro atoms. The van der Waals surface area contributed by atoms with Gasteiger partial charge in [-0.3, -0.25) is 4.79 Å². The maximum absolute atomic E-state index is 11.9. The highest BCUT2D eigenvalue weighted by Crippen LogP contribution is 2.20. The van der Waals surface area contributed by atoms with Crippen molar-refractivity contribution in [3.05, 3.63) is 29.8 Å². The fourth-order valence-electron chi connectivity index (χ4n) is 2.92. The van der Waals surface area contributed by atoms with Crippen LogP contribution in [-0.2, 0) is 4.79 Å². The Bertz CT molecular complexity index is 485. The van der Waals surface area contributed by atoms with Crippen molar-refractivity contribution in [2.24, 2.45) is 0 Å². The Morgan fingerprint density at radius 2 is 2.29 bits per heavy atom. The van der Waals surface area contributed by atoms with E-state index in [1.165, 1.54) is 0 Å². The molecule has 0 bridgehead atoms. The van der Waals surface area contributed by atoms with Gasteiger partial charge in [-0.1, -0.05) is 12.1 Å². The van der Waals surface area contributed by atoms with Crippen LogP contribution in [0.1, 0.15) is 38.2 Å². The Balaban J connectivity index is 1.70. The van der Waals surface area contributed by atoms with E-state index in [1.54, 1.807) is 0 Å². The van der Waals surface area contributed by atoms with Crippen LogP contribution in [-0.4, -0.2) is 41.1 Å². The van der Waals surface area contributed by atoms with E-state index >= 15 is 0 Å². The van der Waals surface area contributed by atoms with E-state index in [-0.39, 0.29) is 5.91 Å². The highest BCUT2D eigenvalue weighted by atomic mass is 16.3. The first-order valence-electron chi connectivity index (χ1n) is 7.76. The average molecular weight is 290 g/mol. The first-order valence-corrected chi connectivity index (χ1v) is 7.76. The molecule has 0 saturated carbocycles. The Hall–Kier alpha value is -1.39. The van der Waals surface area contributed by atoms with Crippen LogP contribution in [0.25, 0.3) is 0 Å². The molecular weight excluding hydrogens is 264 g/mol. The predicted molar refractivity (Wildman–Crippen MR) is 85.3 cm³/mol. The van der Waals surface area contributed by atoms with Crippen LogP contribution in [0.4, 0.5) is 5.69 Å². The van der Waals surface area contributed by atoms with Gasteiger partial charge in [-0.05, 0) is 63.9 Å². The van der Waals surface area contributed by atoms with Crippen molar-refractivity contribution < 1.29 is 9.90 Å². The molecule has 0 aliphatic carbocycles. The standard InChI is InChI=1S/C17H26N2O2/c1-14-6-3-7-15(12-14)18-16(20)8-4-10-19-11-5-9-17(2,21)13-19/h3,6-7,12,21H,4-5,8-11,13H2,1-2H3,(H,18,20). The fraction of sp³-hybridized carbons (Fsp3) is 0.588. The topological polar surface area (TPSA) is 52.6 Å². The van der Waals surface area contributed by atoms with E-state index in [0.717, 1.165) is 43.6 Å². The number of carbonyl (C=O) groups is 1. The van der Waals surface area contributed by atoms with Gasteiger partial charge >= 0.3 is 0 Å². The number of rotatable bonds is 5. The summed E-state index contributed by atoms with van der Waals surface area (Å²) in [6.07, 6.45) is 3.25. The highest BCUT2D eigenvalue weighted by molar-refractivity contribution is 5.90. The molecule has 2 N–H and O–H groups in total. The van der Waals surface area contributed by atoms with Gasteiger partial charge in [-0.15, -0.1) is 0 Å². The van der Waals surface area contributed by atoms with Gasteiger partial charge in [0.05, 0.1) is 5.60 Å². The van der Waals surface area contributed by atoms with Gasteiger partial charge in [0.15, 0.2) is 0 Å². The summed E-state index contributed by atoms with van der Waals surface area (Å²) in [4.78, 5) is 14.2. The van der Waals surface area contributed by atoms with Gasteiger partial charge in [0.1, 0.15) is 0 Å². The third-order valence-corrected chi connectivity index (χ3v) is 3.93. The molecule has 1 amide bonds. The van der Waals surface area contributed by atoms with E-state index in [9.17, 15) is 9.90 Å². The maximum atomic E-state index is 11.9. The van der Waals surface area contributed by atoms with E-state index < -0.39 is 5.60 Å². The molecule has 1 unspecified atom stereocenters. The summed E-state index contributed by atoms with van der Waals surface area (Å²) >= 11 is 0. The van der Waals surface area contributed by atoms with E-state index in [0.29, 0.717) is 13.0 Å². The number of nitrogens with one attached hydrogen (secondary N) is 1. The molecule has 116 valence electrons. The van der Waals surface area contributed by atoms with Crippen LogP contribution in [0, 0.1) is 6.92 Å². The molecule has 4 nitrogen and oxygen atoms in total. The van der Waals surface area contributed by atoms with Gasteiger partial charge in [0.25, 0.3) is 0 Å². The quantitative estimate of drug-likeness (QED) is 0.876. The lowest BCUT2D eigenvalue weighted by molar-refractivity contribution is -0.116. The molecule has 1 aromatic carbocycles. The number of β-amino-alcohol motifs (C(OH)–C–C–N with tert-alkyl or cyclic N) is 1. The maximum Gasteiger partial charge on any atom is 0.224 e. The van der Waals surface area contributed by atoms with E-state index in [4.69, 9.17) is 0 Å². The number of aryl methyl sites for hydroxylation is 1. The van der Waals surface area contributed by atoms with Crippen LogP contribution < -0.4 is 5.32 Å². The molecule has 1 heterocycles. The van der Waals surface area contributed by atoms with E-state index in [1.807, 2.05) is 38.1 Å². The lowest BCUT2D eigenvalue weighted by Gasteiger charge is -2.36. The second-order valence-electron chi connectivity index (χ2n) is 6.40. The van der Waals surface area contributed by atoms with Crippen molar-refractivity contribution >= 4 is 11.6 Å². The third kappa shape index (κ3) is 5.48. The average Bonchev–Trinajstić information content (AvgIpc) is 2.37. The SMILES string of the molecule is Cc1cccc(NC(=O)CCCN2CCCC(C)(O)C2)c1. The lowest BCUT2D eigenvalue weighted by Crippen LogP contribution is -2.46. The molecule has 1 aliphatic rings. The molecule has 1 atom stereocenters. The number of likely N-dealkylation sites (tertiary alicyclic amines) is 1. The monoisotopic (exact) mass is 290 g/mol. The summed E-state index contributed by atoms with van der Waals surface area (Å²) in [5, 5.41) is 13.0. The number of hydrogen-bond acceptors (Lipinski definition) is 3. The number of hydrogen-bond donors (Lipinski definition) is 2. The zero-order valence-corrected chi connectivity index (χ0v) is 13.1. The van der Waals surface area contributed by atoms with Crippen LogP contribution in [0.3, 0.4) is 0 Å². The molecule has 0 radical (unpaired) electrons. The minimum Gasteiger partial charge on any atom is -0.389 e. The van der Waals surface area contributed by atoms with Crippen molar-refractivity contribution in [1.29, 1.82) is 0 Å². The Morgan fingerprint density at radius 1 is 1.48 bits per heavy atom. The van der Waals surface area contributed by atoms with Crippen LogP contribution in [0.15, 0.2) is 24.3 Å². The van der Waals surface area contributed by atoms with Crippen molar-refractivity contribution in [3.8, 4) is 0 Å². The van der Waals surface area contributed by atoms with Crippen molar-refractivity contribution in [2.75, 3.05) is 25.0 Å². The van der Waals surface area contributed by atoms with Gasteiger partial charge in [0.2, 0.25) is 5.91 Å². The number of nitrogens with zero attached hydrogens (tertiary/aromatic N) is 1. The number of anilines is 1. The molecule has 1 aliphatic heterocycles. The summed E-state index contributed by atoms with van der Waals surface area (Å²) in [5.41, 5.74) is 1.44. The molecular formula is C17H26N2O2. The van der Waals surface area contributed by atoms with Gasteiger partial charge < -0.3 is 15.3 Å². The van der Waals surface area contributed by atoms with Crippen molar-refractivity contribution in [3.63, 3.8) is 0 Å². The summed E-state index contributed by atoms with van der Waals surface area (Å²) in [5.74, 6) is 0.0596. The van der Waals surface area contributed by atoms with Crippen LogP contribution in [0.2, 0.25) is 0 Å². The zero-order chi connectivity index (χ0) is 15.3. The number of amides is 1. The molecule has 1 fully saturated rings. The minimum atomic E-state index is -0.567. The number of benzene rings is 1. The first kappa shape index (κ1) is 16.0. The summed E-state index contributed by atoms with van der Waals surface area (Å²) < 4.78 is 0. The summed E-state index contributed by atoms with van der Waals surface area (Å²) in [6, 6.07) is 7.84. The molecule has 1 saturated heterocycles. The van der Waals surface area contributed by atoms with Gasteiger partial charge in [-0.2, -0.15) is 0 Å². The Kier molecular flexibility index (Phi) is 5.37. The van der Waals surface area contributed by atoms with Crippen LogP contribution >= 0.6 is 0 Å². The third-order valence-electron chi connectivity index (χ3n) is 3.93. The molecule has 2 rings (SSSR count). The fourth-order valence-corrected chi connectivity index (χ4v) is 2.92. The first-order chi connectivity index (χ1) is 9.94. The number of carbonyl (C=O) groups excluding carboxylic acids is 1.